The summed E-state index contributed by atoms with van der Waals surface area (Å²) in [5.74, 6) is -0.603. The third kappa shape index (κ3) is 4.34. The van der Waals surface area contributed by atoms with Gasteiger partial charge in [0.25, 0.3) is 0 Å². The minimum absolute atomic E-state index is 0.136. The third-order valence-corrected chi connectivity index (χ3v) is 8.29. The molecule has 136 valence electrons. The largest absolute Gasteiger partial charge is 0.355 e. The molecule has 1 heterocycles. The molecule has 1 aliphatic heterocycles. The van der Waals surface area contributed by atoms with Gasteiger partial charge in [0.15, 0.2) is 26.0 Å². The Bertz CT molecular complexity index is 754. The maximum atomic E-state index is 12.9. The van der Waals surface area contributed by atoms with Crippen LogP contribution >= 0.6 is 0 Å². The molecule has 1 fully saturated rings. The van der Waals surface area contributed by atoms with Crippen molar-refractivity contribution in [2.75, 3.05) is 32.3 Å². The second-order valence-electron chi connectivity index (χ2n) is 5.89. The summed E-state index contributed by atoms with van der Waals surface area (Å²) in [5, 5.41) is 1.94. The molecule has 24 heavy (non-hydrogen) atoms. The third-order valence-electron chi connectivity index (χ3n) is 4.12. The first-order chi connectivity index (χ1) is 11.2. The standard InChI is InChI=1S/C15H23NO6S2/c1-11-4-6-12(7-5-11)24(19,20)14-10-23(17,18)9-13(14)16-8-15(21-2)22-3/h4-7,13-16H,8-10H2,1-3H3/t13-,14-/m1/s1. The summed E-state index contributed by atoms with van der Waals surface area (Å²) in [6.07, 6.45) is -0.573. The first kappa shape index (κ1) is 19.3. The summed E-state index contributed by atoms with van der Waals surface area (Å²) in [6.45, 7) is 2.06. The predicted molar refractivity (Wildman–Crippen MR) is 90.4 cm³/mol. The summed E-state index contributed by atoms with van der Waals surface area (Å²) in [6, 6.07) is 5.73. The number of sulfone groups is 2. The van der Waals surface area contributed by atoms with Gasteiger partial charge in [-0.15, -0.1) is 0 Å². The number of rotatable bonds is 7. The first-order valence-electron chi connectivity index (χ1n) is 7.49. The first-order valence-corrected chi connectivity index (χ1v) is 10.9. The quantitative estimate of drug-likeness (QED) is 0.675. The molecule has 1 aromatic carbocycles. The smallest absolute Gasteiger partial charge is 0.183 e. The SMILES string of the molecule is COC(CN[C@@H]1CS(=O)(=O)C[C@H]1S(=O)(=O)c1ccc(C)cc1)OC. The van der Waals surface area contributed by atoms with Gasteiger partial charge in [0.2, 0.25) is 0 Å². The fraction of sp³-hybridized carbons (Fsp3) is 0.600. The molecule has 9 heteroatoms. The van der Waals surface area contributed by atoms with Gasteiger partial charge in [-0.25, -0.2) is 16.8 Å². The highest BCUT2D eigenvalue weighted by atomic mass is 32.2. The second kappa shape index (κ2) is 7.49. The number of aryl methyl sites for hydroxylation is 1. The normalized spacial score (nSPS) is 23.7. The molecule has 1 aromatic rings. The van der Waals surface area contributed by atoms with Crippen LogP contribution in [0.1, 0.15) is 5.56 Å². The summed E-state index contributed by atoms with van der Waals surface area (Å²) >= 11 is 0. The zero-order valence-corrected chi connectivity index (χ0v) is 15.6. The second-order valence-corrected chi connectivity index (χ2v) is 10.2. The van der Waals surface area contributed by atoms with E-state index in [-0.39, 0.29) is 22.9 Å². The minimum atomic E-state index is -3.76. The van der Waals surface area contributed by atoms with E-state index in [1.54, 1.807) is 12.1 Å². The van der Waals surface area contributed by atoms with Gasteiger partial charge in [0, 0.05) is 26.8 Å². The van der Waals surface area contributed by atoms with E-state index in [0.29, 0.717) is 0 Å². The van der Waals surface area contributed by atoms with E-state index in [0.717, 1.165) is 5.56 Å². The van der Waals surface area contributed by atoms with Gasteiger partial charge < -0.3 is 14.8 Å². The Morgan fingerprint density at radius 2 is 1.75 bits per heavy atom. The Morgan fingerprint density at radius 1 is 1.17 bits per heavy atom. The van der Waals surface area contributed by atoms with Gasteiger partial charge in [-0.1, -0.05) is 17.7 Å². The molecule has 1 aliphatic rings. The van der Waals surface area contributed by atoms with Gasteiger partial charge >= 0.3 is 0 Å². The van der Waals surface area contributed by atoms with Crippen LogP contribution in [0.3, 0.4) is 0 Å². The van der Waals surface area contributed by atoms with E-state index in [2.05, 4.69) is 5.32 Å². The van der Waals surface area contributed by atoms with Gasteiger partial charge in [-0.05, 0) is 19.1 Å². The van der Waals surface area contributed by atoms with E-state index in [1.807, 2.05) is 6.92 Å². The maximum Gasteiger partial charge on any atom is 0.183 e. The average Bonchev–Trinajstić information content (AvgIpc) is 2.84. The van der Waals surface area contributed by atoms with Crippen molar-refractivity contribution in [3.05, 3.63) is 29.8 Å². The molecule has 2 atom stereocenters. The van der Waals surface area contributed by atoms with Crippen LogP contribution in [0.25, 0.3) is 0 Å². The minimum Gasteiger partial charge on any atom is -0.355 e. The lowest BCUT2D eigenvalue weighted by Gasteiger charge is -2.22. The number of methoxy groups -OCH3 is 2. The van der Waals surface area contributed by atoms with Crippen molar-refractivity contribution in [3.63, 3.8) is 0 Å². The van der Waals surface area contributed by atoms with Crippen molar-refractivity contribution >= 4 is 19.7 Å². The highest BCUT2D eigenvalue weighted by Gasteiger charge is 2.45. The van der Waals surface area contributed by atoms with E-state index in [1.165, 1.54) is 26.4 Å². The Labute approximate surface area is 143 Å². The molecular formula is C15H23NO6S2. The van der Waals surface area contributed by atoms with Crippen molar-refractivity contribution in [2.24, 2.45) is 0 Å². The fourth-order valence-electron chi connectivity index (χ4n) is 2.72. The van der Waals surface area contributed by atoms with Crippen LogP contribution in [0.2, 0.25) is 0 Å². The molecule has 1 N–H and O–H groups in total. The van der Waals surface area contributed by atoms with Crippen molar-refractivity contribution in [1.82, 2.24) is 5.32 Å². The molecule has 7 nitrogen and oxygen atoms in total. The summed E-state index contributed by atoms with van der Waals surface area (Å²) in [4.78, 5) is 0.136. The van der Waals surface area contributed by atoms with Crippen molar-refractivity contribution in [3.8, 4) is 0 Å². The molecule has 0 spiro atoms. The Balaban J connectivity index is 2.25. The van der Waals surface area contributed by atoms with Gasteiger partial charge in [-0.2, -0.15) is 0 Å². The summed E-state index contributed by atoms with van der Waals surface area (Å²) in [5.41, 5.74) is 0.936. The lowest BCUT2D eigenvalue weighted by molar-refractivity contribution is -0.0995. The molecule has 2 rings (SSSR count). The zero-order valence-electron chi connectivity index (χ0n) is 13.9. The fourth-order valence-corrected chi connectivity index (χ4v) is 7.44. The molecular weight excluding hydrogens is 354 g/mol. The Morgan fingerprint density at radius 3 is 2.29 bits per heavy atom. The summed E-state index contributed by atoms with van der Waals surface area (Å²) < 4.78 is 59.8. The van der Waals surface area contributed by atoms with Crippen LogP contribution in [-0.2, 0) is 29.1 Å². The highest BCUT2D eigenvalue weighted by molar-refractivity contribution is 7.96. The molecule has 0 aliphatic carbocycles. The monoisotopic (exact) mass is 377 g/mol. The highest BCUT2D eigenvalue weighted by Crippen LogP contribution is 2.26. The van der Waals surface area contributed by atoms with Crippen LogP contribution < -0.4 is 5.32 Å². The summed E-state index contributed by atoms with van der Waals surface area (Å²) in [7, 11) is -4.27. The van der Waals surface area contributed by atoms with Crippen LogP contribution in [0.4, 0.5) is 0 Å². The number of benzene rings is 1. The molecule has 0 bridgehead atoms. The van der Waals surface area contributed by atoms with Crippen LogP contribution in [0.15, 0.2) is 29.2 Å². The topological polar surface area (TPSA) is 98.8 Å². The number of hydrogen-bond acceptors (Lipinski definition) is 7. The average molecular weight is 377 g/mol. The number of ether oxygens (including phenoxy) is 2. The zero-order chi connectivity index (χ0) is 18.0. The lowest BCUT2D eigenvalue weighted by atomic mass is 10.2. The Kier molecular flexibility index (Phi) is 6.03. The van der Waals surface area contributed by atoms with Crippen LogP contribution in [0.5, 0.6) is 0 Å². The van der Waals surface area contributed by atoms with E-state index < -0.39 is 37.3 Å². The molecule has 0 radical (unpaired) electrons. The molecule has 1 saturated heterocycles. The van der Waals surface area contributed by atoms with Crippen molar-refractivity contribution in [2.45, 2.75) is 29.4 Å². The van der Waals surface area contributed by atoms with E-state index in [9.17, 15) is 16.8 Å². The Hall–Kier alpha value is -1.00. The van der Waals surface area contributed by atoms with Gasteiger partial charge in [0.05, 0.1) is 21.7 Å². The maximum absolute atomic E-state index is 12.9. The molecule has 0 amide bonds. The molecule has 0 aromatic heterocycles. The molecule has 0 unspecified atom stereocenters. The van der Waals surface area contributed by atoms with E-state index >= 15 is 0 Å². The number of hydrogen-bond donors (Lipinski definition) is 1. The predicted octanol–water partition coefficient (Wildman–Crippen LogP) is 0.143. The van der Waals surface area contributed by atoms with E-state index in [4.69, 9.17) is 9.47 Å². The van der Waals surface area contributed by atoms with Gasteiger partial charge in [-0.3, -0.25) is 0 Å². The van der Waals surface area contributed by atoms with Gasteiger partial charge in [0.1, 0.15) is 0 Å². The number of nitrogens with one attached hydrogen (secondary N) is 1. The van der Waals surface area contributed by atoms with Crippen LogP contribution in [0, 0.1) is 6.92 Å². The van der Waals surface area contributed by atoms with Crippen molar-refractivity contribution < 1.29 is 26.3 Å². The molecule has 0 saturated carbocycles. The van der Waals surface area contributed by atoms with Crippen LogP contribution in [-0.4, -0.2) is 66.7 Å². The lowest BCUT2D eigenvalue weighted by Crippen LogP contribution is -2.46. The van der Waals surface area contributed by atoms with Crippen molar-refractivity contribution in [1.29, 1.82) is 0 Å².